The number of hydrogen-bond acceptors (Lipinski definition) is 6. The zero-order valence-electron chi connectivity index (χ0n) is 18.5. The highest BCUT2D eigenvalue weighted by atomic mass is 16.5. The summed E-state index contributed by atoms with van der Waals surface area (Å²) in [4.78, 5) is 36.4. The Morgan fingerprint density at radius 3 is 2.38 bits per heavy atom. The van der Waals surface area contributed by atoms with Gasteiger partial charge in [0, 0.05) is 23.4 Å². The van der Waals surface area contributed by atoms with Gasteiger partial charge in [-0.15, -0.1) is 0 Å². The van der Waals surface area contributed by atoms with Crippen molar-refractivity contribution in [2.75, 3.05) is 13.7 Å². The number of hydrazine groups is 1. The zero-order valence-corrected chi connectivity index (χ0v) is 18.5. The number of hydrogen-bond donors (Lipinski definition) is 2. The van der Waals surface area contributed by atoms with Crippen molar-refractivity contribution in [3.8, 4) is 11.5 Å². The van der Waals surface area contributed by atoms with Gasteiger partial charge in [0.1, 0.15) is 17.1 Å². The van der Waals surface area contributed by atoms with Crippen LogP contribution >= 0.6 is 0 Å². The minimum atomic E-state index is -0.498. The van der Waals surface area contributed by atoms with Crippen LogP contribution in [0.15, 0.2) is 45.6 Å². The molecule has 0 fully saturated rings. The SMILES string of the molecule is COc1ccc2c(C)c(CCC(=O)NNC(=O)COc3ccc(C)c(C)c3)c(=O)oc2c1. The van der Waals surface area contributed by atoms with E-state index >= 15 is 0 Å². The molecule has 3 rings (SSSR count). The Hall–Kier alpha value is -3.81. The number of carbonyl (C=O) groups is 2. The van der Waals surface area contributed by atoms with Gasteiger partial charge in [-0.25, -0.2) is 4.79 Å². The van der Waals surface area contributed by atoms with Crippen LogP contribution in [0, 0.1) is 20.8 Å². The number of benzene rings is 2. The Labute approximate surface area is 185 Å². The van der Waals surface area contributed by atoms with Crippen LogP contribution in [0.25, 0.3) is 11.0 Å². The molecule has 3 aromatic rings. The van der Waals surface area contributed by atoms with Crippen molar-refractivity contribution in [1.82, 2.24) is 10.9 Å². The van der Waals surface area contributed by atoms with Crippen LogP contribution in [-0.2, 0) is 16.0 Å². The highest BCUT2D eigenvalue weighted by Gasteiger charge is 2.14. The van der Waals surface area contributed by atoms with Crippen molar-refractivity contribution < 1.29 is 23.5 Å². The number of methoxy groups -OCH3 is 1. The molecular weight excluding hydrogens is 412 g/mol. The minimum absolute atomic E-state index is 0.00551. The summed E-state index contributed by atoms with van der Waals surface area (Å²) in [7, 11) is 1.54. The molecule has 1 aromatic heterocycles. The highest BCUT2D eigenvalue weighted by Crippen LogP contribution is 2.24. The van der Waals surface area contributed by atoms with Crippen LogP contribution in [-0.4, -0.2) is 25.5 Å². The fourth-order valence-electron chi connectivity index (χ4n) is 3.22. The summed E-state index contributed by atoms with van der Waals surface area (Å²) in [6.07, 6.45) is 0.183. The van der Waals surface area contributed by atoms with Gasteiger partial charge < -0.3 is 13.9 Å². The number of amides is 2. The molecule has 2 N–H and O–H groups in total. The Balaban J connectivity index is 1.52. The first-order valence-corrected chi connectivity index (χ1v) is 10.2. The van der Waals surface area contributed by atoms with Crippen LogP contribution in [0.5, 0.6) is 11.5 Å². The molecule has 0 unspecified atom stereocenters. The summed E-state index contributed by atoms with van der Waals surface area (Å²) < 4.78 is 16.0. The topological polar surface area (TPSA) is 107 Å². The van der Waals surface area contributed by atoms with Crippen molar-refractivity contribution in [1.29, 1.82) is 0 Å². The van der Waals surface area contributed by atoms with Crippen molar-refractivity contribution in [2.24, 2.45) is 0 Å². The Kier molecular flexibility index (Phi) is 7.14. The maximum atomic E-state index is 12.4. The molecule has 0 radical (unpaired) electrons. The van der Waals surface area contributed by atoms with Crippen molar-refractivity contribution in [3.05, 3.63) is 69.1 Å². The molecule has 0 saturated heterocycles. The van der Waals surface area contributed by atoms with Gasteiger partial charge in [0.15, 0.2) is 6.61 Å². The van der Waals surface area contributed by atoms with Crippen molar-refractivity contribution >= 4 is 22.8 Å². The van der Waals surface area contributed by atoms with Gasteiger partial charge >= 0.3 is 5.63 Å². The van der Waals surface area contributed by atoms with E-state index in [2.05, 4.69) is 10.9 Å². The number of rotatable bonds is 7. The maximum absolute atomic E-state index is 12.4. The molecular formula is C24H26N2O6. The van der Waals surface area contributed by atoms with Crippen molar-refractivity contribution in [3.63, 3.8) is 0 Å². The molecule has 0 spiro atoms. The van der Waals surface area contributed by atoms with Gasteiger partial charge in [-0.3, -0.25) is 20.4 Å². The van der Waals surface area contributed by atoms with E-state index in [1.807, 2.05) is 39.0 Å². The number of fused-ring (bicyclic) bond motifs is 1. The second-order valence-electron chi connectivity index (χ2n) is 7.49. The van der Waals surface area contributed by atoms with Gasteiger partial charge in [-0.1, -0.05) is 6.07 Å². The fraction of sp³-hybridized carbons (Fsp3) is 0.292. The first-order chi connectivity index (χ1) is 15.3. The summed E-state index contributed by atoms with van der Waals surface area (Å²) in [5, 5.41) is 0.776. The molecule has 0 aliphatic rings. The second-order valence-corrected chi connectivity index (χ2v) is 7.49. The van der Waals surface area contributed by atoms with Crippen LogP contribution in [0.3, 0.4) is 0 Å². The van der Waals surface area contributed by atoms with E-state index < -0.39 is 17.4 Å². The average Bonchev–Trinajstić information content (AvgIpc) is 2.77. The van der Waals surface area contributed by atoms with E-state index in [1.165, 1.54) is 7.11 Å². The molecule has 0 saturated carbocycles. The molecule has 0 bridgehead atoms. The first kappa shape index (κ1) is 22.9. The van der Waals surface area contributed by atoms with Crippen LogP contribution < -0.4 is 26.0 Å². The molecule has 1 heterocycles. The standard InChI is InChI=1S/C24H26N2O6/c1-14-5-6-18(11-15(14)2)31-13-23(28)26-25-22(27)10-9-20-16(3)19-8-7-17(30-4)12-21(19)32-24(20)29/h5-8,11-12H,9-10,13H2,1-4H3,(H,25,27)(H,26,28). The highest BCUT2D eigenvalue weighted by molar-refractivity contribution is 5.84. The number of nitrogens with one attached hydrogen (secondary N) is 2. The predicted octanol–water partition coefficient (Wildman–Crippen LogP) is 2.89. The monoisotopic (exact) mass is 438 g/mol. The molecule has 0 aliphatic heterocycles. The molecule has 0 atom stereocenters. The van der Waals surface area contributed by atoms with E-state index in [4.69, 9.17) is 13.9 Å². The smallest absolute Gasteiger partial charge is 0.339 e. The van der Waals surface area contributed by atoms with Crippen LogP contribution in [0.1, 0.15) is 28.7 Å². The lowest BCUT2D eigenvalue weighted by atomic mass is 10.0. The minimum Gasteiger partial charge on any atom is -0.497 e. The molecule has 2 aromatic carbocycles. The van der Waals surface area contributed by atoms with E-state index in [0.29, 0.717) is 22.6 Å². The molecule has 8 nitrogen and oxygen atoms in total. The molecule has 2 amide bonds. The fourth-order valence-corrected chi connectivity index (χ4v) is 3.22. The lowest BCUT2D eigenvalue weighted by molar-refractivity contribution is -0.130. The van der Waals surface area contributed by atoms with E-state index in [1.54, 1.807) is 18.2 Å². The summed E-state index contributed by atoms with van der Waals surface area (Å²) in [6, 6.07) is 10.8. The average molecular weight is 438 g/mol. The van der Waals surface area contributed by atoms with Gasteiger partial charge in [0.25, 0.3) is 5.91 Å². The Morgan fingerprint density at radius 2 is 1.66 bits per heavy atom. The summed E-state index contributed by atoms with van der Waals surface area (Å²) in [5.41, 5.74) is 7.92. The summed E-state index contributed by atoms with van der Waals surface area (Å²) in [6.45, 7) is 5.52. The van der Waals surface area contributed by atoms with Crippen molar-refractivity contribution in [2.45, 2.75) is 33.6 Å². The summed E-state index contributed by atoms with van der Waals surface area (Å²) in [5.74, 6) is 0.236. The first-order valence-electron chi connectivity index (χ1n) is 10.2. The Bertz CT molecular complexity index is 1220. The van der Waals surface area contributed by atoms with E-state index in [-0.39, 0.29) is 19.4 Å². The normalized spacial score (nSPS) is 10.6. The van der Waals surface area contributed by atoms with Gasteiger partial charge in [0.2, 0.25) is 5.91 Å². The van der Waals surface area contributed by atoms with Crippen LogP contribution in [0.2, 0.25) is 0 Å². The number of carbonyl (C=O) groups excluding carboxylic acids is 2. The largest absolute Gasteiger partial charge is 0.497 e. The van der Waals surface area contributed by atoms with E-state index in [0.717, 1.165) is 22.1 Å². The zero-order chi connectivity index (χ0) is 23.3. The third-order valence-electron chi connectivity index (χ3n) is 5.29. The molecule has 0 aliphatic carbocycles. The second kappa shape index (κ2) is 10.00. The lowest BCUT2D eigenvalue weighted by Crippen LogP contribution is -2.44. The summed E-state index contributed by atoms with van der Waals surface area (Å²) >= 11 is 0. The quantitative estimate of drug-likeness (QED) is 0.434. The predicted molar refractivity (Wildman–Crippen MR) is 120 cm³/mol. The number of ether oxygens (including phenoxy) is 2. The molecule has 32 heavy (non-hydrogen) atoms. The third-order valence-corrected chi connectivity index (χ3v) is 5.29. The van der Waals surface area contributed by atoms with Gasteiger partial charge in [-0.05, 0) is 68.1 Å². The van der Waals surface area contributed by atoms with Gasteiger partial charge in [-0.2, -0.15) is 0 Å². The third kappa shape index (κ3) is 5.46. The number of aryl methyl sites for hydroxylation is 3. The van der Waals surface area contributed by atoms with E-state index in [9.17, 15) is 14.4 Å². The van der Waals surface area contributed by atoms with Gasteiger partial charge in [0.05, 0.1) is 7.11 Å². The Morgan fingerprint density at radius 1 is 0.938 bits per heavy atom. The van der Waals surface area contributed by atoms with Crippen LogP contribution in [0.4, 0.5) is 0 Å². The molecule has 8 heteroatoms. The maximum Gasteiger partial charge on any atom is 0.339 e. The molecule has 168 valence electrons. The lowest BCUT2D eigenvalue weighted by Gasteiger charge is -2.11.